The molecular formula is C18H18N4O3. The number of hydrogen-bond acceptors (Lipinski definition) is 5. The molecule has 7 heteroatoms. The van der Waals surface area contributed by atoms with Crippen molar-refractivity contribution in [3.05, 3.63) is 54.0 Å². The summed E-state index contributed by atoms with van der Waals surface area (Å²) in [5.74, 6) is 1.76. The van der Waals surface area contributed by atoms with E-state index in [2.05, 4.69) is 15.5 Å². The minimum absolute atomic E-state index is 0.198. The number of nitrogens with zero attached hydrogens (tertiary/aromatic N) is 3. The zero-order valence-corrected chi connectivity index (χ0v) is 13.8. The third kappa shape index (κ3) is 3.00. The molecule has 2 aromatic heterocycles. The quantitative estimate of drug-likeness (QED) is 0.793. The fourth-order valence-corrected chi connectivity index (χ4v) is 2.80. The van der Waals surface area contributed by atoms with Crippen molar-refractivity contribution in [2.24, 2.45) is 0 Å². The van der Waals surface area contributed by atoms with Gasteiger partial charge in [-0.05, 0) is 37.3 Å². The Morgan fingerprint density at radius 2 is 2.00 bits per heavy atom. The highest BCUT2D eigenvalue weighted by Crippen LogP contribution is 2.30. The SMILES string of the molecule is CC(NC(=O)c1ccc2c(c1)OCCCO2)c1nnc2ccccn12. The summed E-state index contributed by atoms with van der Waals surface area (Å²) in [5, 5.41) is 11.2. The van der Waals surface area contributed by atoms with Crippen LogP contribution < -0.4 is 14.8 Å². The van der Waals surface area contributed by atoms with E-state index in [1.54, 1.807) is 18.2 Å². The normalized spacial score (nSPS) is 14.8. The topological polar surface area (TPSA) is 77.8 Å². The lowest BCUT2D eigenvalue weighted by molar-refractivity contribution is 0.0937. The van der Waals surface area contributed by atoms with Crippen molar-refractivity contribution >= 4 is 11.6 Å². The Hall–Kier alpha value is -3.09. The Morgan fingerprint density at radius 1 is 1.16 bits per heavy atom. The first-order chi connectivity index (χ1) is 12.2. The van der Waals surface area contributed by atoms with E-state index in [9.17, 15) is 4.79 Å². The largest absolute Gasteiger partial charge is 0.490 e. The van der Waals surface area contributed by atoms with E-state index in [1.165, 1.54) is 0 Å². The van der Waals surface area contributed by atoms with E-state index in [4.69, 9.17) is 9.47 Å². The van der Waals surface area contributed by atoms with Crippen molar-refractivity contribution < 1.29 is 14.3 Å². The van der Waals surface area contributed by atoms with Crippen molar-refractivity contribution in [1.82, 2.24) is 19.9 Å². The third-order valence-corrected chi connectivity index (χ3v) is 4.08. The minimum Gasteiger partial charge on any atom is -0.490 e. The Morgan fingerprint density at radius 3 is 2.88 bits per heavy atom. The van der Waals surface area contributed by atoms with Crippen LogP contribution in [0.2, 0.25) is 0 Å². The highest BCUT2D eigenvalue weighted by atomic mass is 16.5. The first-order valence-corrected chi connectivity index (χ1v) is 8.22. The van der Waals surface area contributed by atoms with Gasteiger partial charge in [-0.15, -0.1) is 10.2 Å². The molecule has 3 heterocycles. The third-order valence-electron chi connectivity index (χ3n) is 4.08. The molecule has 1 aliphatic heterocycles. The zero-order chi connectivity index (χ0) is 17.2. The zero-order valence-electron chi connectivity index (χ0n) is 13.8. The molecule has 128 valence electrons. The second kappa shape index (κ2) is 6.43. The molecule has 0 saturated heterocycles. The van der Waals surface area contributed by atoms with E-state index in [-0.39, 0.29) is 11.9 Å². The second-order valence-electron chi connectivity index (χ2n) is 5.89. The van der Waals surface area contributed by atoms with Crippen LogP contribution in [0.25, 0.3) is 5.65 Å². The predicted molar refractivity (Wildman–Crippen MR) is 90.9 cm³/mol. The Bertz CT molecular complexity index is 922. The van der Waals surface area contributed by atoms with E-state index >= 15 is 0 Å². The van der Waals surface area contributed by atoms with Crippen LogP contribution >= 0.6 is 0 Å². The van der Waals surface area contributed by atoms with Gasteiger partial charge in [0.15, 0.2) is 23.0 Å². The van der Waals surface area contributed by atoms with Crippen LogP contribution in [0, 0.1) is 0 Å². The molecule has 4 rings (SSSR count). The van der Waals surface area contributed by atoms with Crippen LogP contribution in [0.1, 0.15) is 35.6 Å². The number of ether oxygens (including phenoxy) is 2. The average Bonchev–Trinajstić information content (AvgIpc) is 2.92. The molecule has 3 aromatic rings. The number of carbonyl (C=O) groups is 1. The van der Waals surface area contributed by atoms with Crippen molar-refractivity contribution in [2.75, 3.05) is 13.2 Å². The summed E-state index contributed by atoms with van der Waals surface area (Å²) < 4.78 is 13.1. The second-order valence-corrected chi connectivity index (χ2v) is 5.89. The van der Waals surface area contributed by atoms with Gasteiger partial charge in [0.05, 0.1) is 19.3 Å². The van der Waals surface area contributed by atoms with Gasteiger partial charge in [-0.2, -0.15) is 0 Å². The van der Waals surface area contributed by atoms with Gasteiger partial charge in [0, 0.05) is 18.2 Å². The monoisotopic (exact) mass is 338 g/mol. The molecule has 1 unspecified atom stereocenters. The molecule has 0 saturated carbocycles. The molecule has 1 amide bonds. The molecule has 7 nitrogen and oxygen atoms in total. The summed E-state index contributed by atoms with van der Waals surface area (Å²) in [6, 6.07) is 10.6. The van der Waals surface area contributed by atoms with Gasteiger partial charge in [-0.1, -0.05) is 6.07 Å². The number of amides is 1. The summed E-state index contributed by atoms with van der Waals surface area (Å²) in [7, 11) is 0. The number of aromatic nitrogens is 3. The number of rotatable bonds is 3. The molecule has 1 N–H and O–H groups in total. The number of fused-ring (bicyclic) bond motifs is 2. The van der Waals surface area contributed by atoms with Crippen molar-refractivity contribution in [3.8, 4) is 11.5 Å². The number of benzene rings is 1. The van der Waals surface area contributed by atoms with E-state index in [0.29, 0.717) is 36.1 Å². The summed E-state index contributed by atoms with van der Waals surface area (Å²) >= 11 is 0. The lowest BCUT2D eigenvalue weighted by Gasteiger charge is -2.14. The van der Waals surface area contributed by atoms with E-state index in [0.717, 1.165) is 12.1 Å². The Kier molecular flexibility index (Phi) is 3.97. The molecule has 0 spiro atoms. The highest BCUT2D eigenvalue weighted by molar-refractivity contribution is 5.95. The van der Waals surface area contributed by atoms with Crippen LogP contribution in [-0.2, 0) is 0 Å². The van der Waals surface area contributed by atoms with Gasteiger partial charge in [0.1, 0.15) is 0 Å². The molecule has 1 atom stereocenters. The minimum atomic E-state index is -0.291. The standard InChI is InChI=1S/C18H18N4O3/c1-12(17-21-20-16-5-2-3-8-22(16)17)19-18(23)13-6-7-14-15(11-13)25-10-4-9-24-14/h2-3,5-8,11-12H,4,9-10H2,1H3,(H,19,23). The lowest BCUT2D eigenvalue weighted by atomic mass is 10.1. The van der Waals surface area contributed by atoms with Gasteiger partial charge < -0.3 is 14.8 Å². The smallest absolute Gasteiger partial charge is 0.252 e. The first-order valence-electron chi connectivity index (χ1n) is 8.22. The average molecular weight is 338 g/mol. The van der Waals surface area contributed by atoms with Gasteiger partial charge in [0.2, 0.25) is 0 Å². The number of hydrogen-bond donors (Lipinski definition) is 1. The van der Waals surface area contributed by atoms with Crippen LogP contribution in [0.4, 0.5) is 0 Å². The van der Waals surface area contributed by atoms with Gasteiger partial charge in [0.25, 0.3) is 5.91 Å². The molecule has 1 aliphatic rings. The molecule has 0 radical (unpaired) electrons. The number of nitrogens with one attached hydrogen (secondary N) is 1. The summed E-state index contributed by atoms with van der Waals surface area (Å²) in [6.45, 7) is 3.08. The van der Waals surface area contributed by atoms with Crippen LogP contribution in [-0.4, -0.2) is 33.7 Å². The molecule has 0 fully saturated rings. The van der Waals surface area contributed by atoms with E-state index < -0.39 is 0 Å². The maximum absolute atomic E-state index is 12.6. The molecule has 25 heavy (non-hydrogen) atoms. The summed E-state index contributed by atoms with van der Waals surface area (Å²) in [6.07, 6.45) is 2.70. The fraction of sp³-hybridized carbons (Fsp3) is 0.278. The summed E-state index contributed by atoms with van der Waals surface area (Å²) in [4.78, 5) is 12.6. The summed E-state index contributed by atoms with van der Waals surface area (Å²) in [5.41, 5.74) is 1.26. The number of pyridine rings is 1. The van der Waals surface area contributed by atoms with Gasteiger partial charge >= 0.3 is 0 Å². The predicted octanol–water partition coefficient (Wildman–Crippen LogP) is 2.38. The lowest BCUT2D eigenvalue weighted by Crippen LogP contribution is -2.28. The Labute approximate surface area is 144 Å². The molecular weight excluding hydrogens is 320 g/mol. The van der Waals surface area contributed by atoms with E-state index in [1.807, 2.05) is 35.7 Å². The van der Waals surface area contributed by atoms with Crippen LogP contribution in [0.15, 0.2) is 42.6 Å². The molecule has 0 bridgehead atoms. The van der Waals surface area contributed by atoms with Crippen LogP contribution in [0.3, 0.4) is 0 Å². The first kappa shape index (κ1) is 15.4. The highest BCUT2D eigenvalue weighted by Gasteiger charge is 2.18. The molecule has 1 aromatic carbocycles. The van der Waals surface area contributed by atoms with Crippen molar-refractivity contribution in [2.45, 2.75) is 19.4 Å². The number of carbonyl (C=O) groups excluding carboxylic acids is 1. The maximum atomic E-state index is 12.6. The van der Waals surface area contributed by atoms with Gasteiger partial charge in [-0.25, -0.2) is 0 Å². The van der Waals surface area contributed by atoms with Crippen LogP contribution in [0.5, 0.6) is 11.5 Å². The van der Waals surface area contributed by atoms with Crippen molar-refractivity contribution in [3.63, 3.8) is 0 Å². The van der Waals surface area contributed by atoms with Gasteiger partial charge in [-0.3, -0.25) is 9.20 Å². The maximum Gasteiger partial charge on any atom is 0.252 e. The van der Waals surface area contributed by atoms with Crippen molar-refractivity contribution in [1.29, 1.82) is 0 Å². The fourth-order valence-electron chi connectivity index (χ4n) is 2.80. The Balaban J connectivity index is 1.54. The molecule has 0 aliphatic carbocycles.